The normalized spacial score (nSPS) is 29.5. The van der Waals surface area contributed by atoms with Gasteiger partial charge in [0.05, 0.1) is 22.4 Å². The van der Waals surface area contributed by atoms with Gasteiger partial charge in [0.1, 0.15) is 12.4 Å². The smallest absolute Gasteiger partial charge is 0.274 e. The highest BCUT2D eigenvalue weighted by molar-refractivity contribution is 9.12. The van der Waals surface area contributed by atoms with Crippen LogP contribution in [0.15, 0.2) is 48.5 Å². The SMILES string of the molecule is O=C(CN(C(=O)c1ccccc1Cl)N1C(=O)[C@@H]2[C@H]3C[C@@H]([C@H](Br)[C@@H]3Br)[C@@H]2C1=O)c1ccc(F)cc1. The van der Waals surface area contributed by atoms with Crippen LogP contribution in [-0.4, -0.2) is 49.7 Å². The van der Waals surface area contributed by atoms with Crippen LogP contribution in [0, 0.1) is 29.5 Å². The summed E-state index contributed by atoms with van der Waals surface area (Å²) in [6, 6.07) is 11.1. The Morgan fingerprint density at radius 2 is 1.53 bits per heavy atom. The molecular weight excluding hydrogens is 595 g/mol. The number of hydrazine groups is 1. The van der Waals surface area contributed by atoms with Crippen LogP contribution in [0.1, 0.15) is 27.1 Å². The van der Waals surface area contributed by atoms with E-state index in [1.807, 2.05) is 0 Å². The Hall–Kier alpha value is -2.10. The van der Waals surface area contributed by atoms with Gasteiger partial charge >= 0.3 is 0 Å². The number of carbonyl (C=O) groups excluding carboxylic acids is 4. The van der Waals surface area contributed by atoms with Gasteiger partial charge in [-0.15, -0.1) is 0 Å². The van der Waals surface area contributed by atoms with Crippen molar-refractivity contribution in [3.05, 3.63) is 70.5 Å². The zero-order chi connectivity index (χ0) is 24.3. The monoisotopic (exact) mass is 610 g/mol. The lowest BCUT2D eigenvalue weighted by atomic mass is 9.81. The van der Waals surface area contributed by atoms with Gasteiger partial charge in [0.2, 0.25) is 0 Å². The number of rotatable bonds is 5. The van der Waals surface area contributed by atoms with Crippen LogP contribution in [0.4, 0.5) is 4.39 Å². The van der Waals surface area contributed by atoms with E-state index in [-0.39, 0.29) is 37.6 Å². The van der Waals surface area contributed by atoms with Crippen LogP contribution in [0.25, 0.3) is 0 Å². The van der Waals surface area contributed by atoms with E-state index in [2.05, 4.69) is 31.9 Å². The molecule has 34 heavy (non-hydrogen) atoms. The van der Waals surface area contributed by atoms with Crippen LogP contribution in [0.3, 0.4) is 0 Å². The lowest BCUT2D eigenvalue weighted by Crippen LogP contribution is -2.52. The van der Waals surface area contributed by atoms with Crippen LogP contribution in [-0.2, 0) is 9.59 Å². The number of alkyl halides is 2. The molecule has 6 atom stereocenters. The number of carbonyl (C=O) groups is 4. The highest BCUT2D eigenvalue weighted by atomic mass is 79.9. The van der Waals surface area contributed by atoms with Gasteiger partial charge in [-0.1, -0.05) is 55.6 Å². The van der Waals surface area contributed by atoms with Crippen molar-refractivity contribution in [1.29, 1.82) is 0 Å². The lowest BCUT2D eigenvalue weighted by molar-refractivity contribution is -0.154. The summed E-state index contributed by atoms with van der Waals surface area (Å²) in [6.07, 6.45) is 0.736. The first-order valence-corrected chi connectivity index (χ1v) is 12.9. The first-order chi connectivity index (χ1) is 16.2. The summed E-state index contributed by atoms with van der Waals surface area (Å²) in [6.45, 7) is -0.572. The molecule has 10 heteroatoms. The van der Waals surface area contributed by atoms with Crippen LogP contribution in [0.2, 0.25) is 5.02 Å². The van der Waals surface area contributed by atoms with Gasteiger partial charge in [0.15, 0.2) is 5.78 Å². The number of hydrogen-bond donors (Lipinski definition) is 0. The zero-order valence-corrected chi connectivity index (χ0v) is 21.5. The number of Topliss-reactive ketones (excluding diaryl/α,β-unsaturated/α-hetero) is 1. The summed E-state index contributed by atoms with van der Waals surface area (Å²) in [4.78, 5) is 53.7. The number of imide groups is 1. The third-order valence-corrected chi connectivity index (χ3v) is 10.5. The molecule has 2 saturated carbocycles. The van der Waals surface area contributed by atoms with Crippen molar-refractivity contribution in [3.63, 3.8) is 0 Å². The molecule has 0 N–H and O–H groups in total. The Morgan fingerprint density at radius 1 is 0.971 bits per heavy atom. The van der Waals surface area contributed by atoms with Gasteiger partial charge in [-0.05, 0) is 54.7 Å². The molecule has 2 bridgehead atoms. The minimum Gasteiger partial charge on any atom is -0.292 e. The van der Waals surface area contributed by atoms with Crippen molar-refractivity contribution in [2.75, 3.05) is 6.54 Å². The molecule has 0 aromatic heterocycles. The van der Waals surface area contributed by atoms with Gasteiger partial charge in [-0.25, -0.2) is 9.40 Å². The molecule has 5 rings (SSSR count). The van der Waals surface area contributed by atoms with E-state index >= 15 is 0 Å². The Bertz CT molecular complexity index is 1180. The van der Waals surface area contributed by atoms with Crippen molar-refractivity contribution in [2.45, 2.75) is 16.1 Å². The third-order valence-electron chi connectivity index (χ3n) is 7.00. The summed E-state index contributed by atoms with van der Waals surface area (Å²) in [5.41, 5.74) is 0.215. The average Bonchev–Trinajstić information content (AvgIpc) is 3.43. The van der Waals surface area contributed by atoms with Gasteiger partial charge in [0.25, 0.3) is 17.7 Å². The molecule has 3 amide bonds. The molecule has 0 radical (unpaired) electrons. The highest BCUT2D eigenvalue weighted by Crippen LogP contribution is 2.60. The fourth-order valence-electron chi connectivity index (χ4n) is 5.44. The second-order valence-electron chi connectivity index (χ2n) is 8.76. The molecular formula is C24H18Br2ClFN2O4. The quantitative estimate of drug-likeness (QED) is 0.283. The molecule has 6 nitrogen and oxygen atoms in total. The Kier molecular flexibility index (Phi) is 6.14. The molecule has 0 unspecified atom stereocenters. The number of nitrogens with zero attached hydrogens (tertiary/aromatic N) is 2. The van der Waals surface area contributed by atoms with E-state index < -0.39 is 47.7 Å². The molecule has 1 heterocycles. The molecule has 3 aliphatic rings. The number of amides is 3. The number of benzene rings is 2. The summed E-state index contributed by atoms with van der Waals surface area (Å²) >= 11 is 13.5. The summed E-state index contributed by atoms with van der Waals surface area (Å²) in [7, 11) is 0. The molecule has 2 aromatic rings. The number of fused-ring (bicyclic) bond motifs is 5. The van der Waals surface area contributed by atoms with Gasteiger partial charge < -0.3 is 0 Å². The number of halogens is 4. The number of ketones is 1. The Morgan fingerprint density at radius 3 is 2.09 bits per heavy atom. The van der Waals surface area contributed by atoms with Crippen molar-refractivity contribution in [3.8, 4) is 0 Å². The van der Waals surface area contributed by atoms with E-state index in [9.17, 15) is 23.6 Å². The first kappa shape index (κ1) is 23.6. The second kappa shape index (κ2) is 8.84. The maximum atomic E-state index is 13.6. The van der Waals surface area contributed by atoms with Crippen molar-refractivity contribution in [2.24, 2.45) is 23.7 Å². The van der Waals surface area contributed by atoms with Crippen molar-refractivity contribution < 1.29 is 23.6 Å². The Labute approximate surface area is 216 Å². The van der Waals surface area contributed by atoms with Crippen LogP contribution < -0.4 is 0 Å². The first-order valence-electron chi connectivity index (χ1n) is 10.7. The van der Waals surface area contributed by atoms with Gasteiger partial charge in [-0.2, -0.15) is 5.01 Å². The predicted molar refractivity (Wildman–Crippen MR) is 129 cm³/mol. The predicted octanol–water partition coefficient (Wildman–Crippen LogP) is 4.50. The summed E-state index contributed by atoms with van der Waals surface area (Å²) in [5, 5.41) is 1.86. The zero-order valence-electron chi connectivity index (χ0n) is 17.5. The average molecular weight is 613 g/mol. The second-order valence-corrected chi connectivity index (χ2v) is 11.3. The van der Waals surface area contributed by atoms with E-state index in [4.69, 9.17) is 11.6 Å². The molecule has 1 saturated heterocycles. The molecule has 2 aliphatic carbocycles. The van der Waals surface area contributed by atoms with Crippen molar-refractivity contribution >= 4 is 67.0 Å². The minimum atomic E-state index is -0.735. The molecule has 0 spiro atoms. The fourth-order valence-corrected chi connectivity index (χ4v) is 7.53. The molecule has 1 aliphatic heterocycles. The van der Waals surface area contributed by atoms with Gasteiger partial charge in [0, 0.05) is 15.2 Å². The summed E-state index contributed by atoms with van der Waals surface area (Å²) in [5.74, 6) is -3.98. The van der Waals surface area contributed by atoms with E-state index in [0.717, 1.165) is 28.6 Å². The maximum absolute atomic E-state index is 13.6. The summed E-state index contributed by atoms with van der Waals surface area (Å²) < 4.78 is 13.3. The van der Waals surface area contributed by atoms with E-state index in [1.165, 1.54) is 24.3 Å². The van der Waals surface area contributed by atoms with Gasteiger partial charge in [-0.3, -0.25) is 19.2 Å². The van der Waals surface area contributed by atoms with Crippen LogP contribution >= 0.6 is 43.5 Å². The standard InChI is InChI=1S/C24H18Br2ClFN2O4/c25-20-14-9-15(21(20)26)19-18(14)23(33)30(24(19)34)29(22(32)13-3-1-2-4-16(13)27)10-17(31)11-5-7-12(28)8-6-11/h1-8,14-15,18-21H,9-10H2/t14-,15-,18-,19+,20-,21+/m1/s1. The van der Waals surface area contributed by atoms with E-state index in [1.54, 1.807) is 12.1 Å². The fraction of sp³-hybridized carbons (Fsp3) is 0.333. The third kappa shape index (κ3) is 3.63. The van der Waals surface area contributed by atoms with Crippen molar-refractivity contribution in [1.82, 2.24) is 10.0 Å². The lowest BCUT2D eigenvalue weighted by Gasteiger charge is -2.31. The molecule has 2 aromatic carbocycles. The van der Waals surface area contributed by atoms with Crippen LogP contribution in [0.5, 0.6) is 0 Å². The number of hydrogen-bond acceptors (Lipinski definition) is 4. The molecule has 176 valence electrons. The largest absolute Gasteiger partial charge is 0.292 e. The highest BCUT2D eigenvalue weighted by Gasteiger charge is 2.67. The van der Waals surface area contributed by atoms with E-state index in [0.29, 0.717) is 0 Å². The molecule has 3 fully saturated rings. The minimum absolute atomic E-state index is 0.0315. The maximum Gasteiger partial charge on any atom is 0.274 e. The topological polar surface area (TPSA) is 74.8 Å². The Balaban J connectivity index is 1.52.